The van der Waals surface area contributed by atoms with E-state index < -0.39 is 0 Å². The third-order valence-electron chi connectivity index (χ3n) is 4.91. The van der Waals surface area contributed by atoms with Gasteiger partial charge in [-0.2, -0.15) is 0 Å². The molecule has 0 spiro atoms. The number of carbonyl (C=O) groups excluding carboxylic acids is 1. The minimum absolute atomic E-state index is 0.161. The van der Waals surface area contributed by atoms with Crippen molar-refractivity contribution < 1.29 is 4.79 Å². The number of halogens is 3. The lowest BCUT2D eigenvalue weighted by molar-refractivity contribution is 0.0984. The molecule has 0 radical (unpaired) electrons. The van der Waals surface area contributed by atoms with E-state index in [1.54, 1.807) is 17.0 Å². The van der Waals surface area contributed by atoms with Gasteiger partial charge in [0.2, 0.25) is 0 Å². The number of hydrogen-bond donors (Lipinski definition) is 0. The standard InChI is InChI=1S/C21H22BrCl2N3OS/c1-4-26(5-2)10-11-27(20(28)15-12-14(22)6-7-17(15)24)21-25-19-13(3)16(23)8-9-18(19)29-21/h6-9,12H,4-5,10-11H2,1-3H3. The number of nitrogens with zero attached hydrogens (tertiary/aromatic N) is 3. The van der Waals surface area contributed by atoms with Crippen LogP contribution in [0, 0.1) is 6.92 Å². The maximum absolute atomic E-state index is 13.5. The van der Waals surface area contributed by atoms with Crippen LogP contribution in [0.3, 0.4) is 0 Å². The Morgan fingerprint density at radius 2 is 1.79 bits per heavy atom. The summed E-state index contributed by atoms with van der Waals surface area (Å²) in [4.78, 5) is 22.2. The number of hydrogen-bond acceptors (Lipinski definition) is 4. The zero-order valence-electron chi connectivity index (χ0n) is 16.5. The van der Waals surface area contributed by atoms with Gasteiger partial charge in [0.05, 0.1) is 20.8 Å². The van der Waals surface area contributed by atoms with E-state index in [0.29, 0.717) is 27.3 Å². The van der Waals surface area contributed by atoms with Crippen LogP contribution in [0.15, 0.2) is 34.8 Å². The largest absolute Gasteiger partial charge is 0.302 e. The number of rotatable bonds is 7. The fourth-order valence-corrected chi connectivity index (χ4v) is 4.84. The van der Waals surface area contributed by atoms with Crippen LogP contribution in [-0.2, 0) is 0 Å². The van der Waals surface area contributed by atoms with Gasteiger partial charge in [-0.3, -0.25) is 9.69 Å². The van der Waals surface area contributed by atoms with Crippen LogP contribution in [-0.4, -0.2) is 42.0 Å². The molecule has 0 atom stereocenters. The number of aryl methyl sites for hydroxylation is 1. The minimum Gasteiger partial charge on any atom is -0.302 e. The van der Waals surface area contributed by atoms with Gasteiger partial charge in [0.1, 0.15) is 0 Å². The Balaban J connectivity index is 2.04. The molecule has 0 aliphatic carbocycles. The Kier molecular flexibility index (Phi) is 7.57. The summed E-state index contributed by atoms with van der Waals surface area (Å²) in [6.45, 7) is 9.29. The lowest BCUT2D eigenvalue weighted by Gasteiger charge is -2.25. The van der Waals surface area contributed by atoms with Crippen LogP contribution in [0.4, 0.5) is 5.13 Å². The Bertz CT molecular complexity index is 1040. The van der Waals surface area contributed by atoms with E-state index in [4.69, 9.17) is 28.2 Å². The van der Waals surface area contributed by atoms with Crippen molar-refractivity contribution in [1.29, 1.82) is 0 Å². The fourth-order valence-electron chi connectivity index (χ4n) is 3.08. The SMILES string of the molecule is CCN(CC)CCN(C(=O)c1cc(Br)ccc1Cl)c1nc2c(C)c(Cl)ccc2s1. The van der Waals surface area contributed by atoms with Crippen LogP contribution in [0.25, 0.3) is 10.2 Å². The van der Waals surface area contributed by atoms with E-state index in [2.05, 4.69) is 34.7 Å². The van der Waals surface area contributed by atoms with Gasteiger partial charge in [-0.05, 0) is 55.9 Å². The van der Waals surface area contributed by atoms with Crippen molar-refractivity contribution in [1.82, 2.24) is 9.88 Å². The number of carbonyl (C=O) groups is 1. The Labute approximate surface area is 193 Å². The van der Waals surface area contributed by atoms with Gasteiger partial charge in [-0.25, -0.2) is 4.98 Å². The third-order valence-corrected chi connectivity index (χ3v) is 7.18. The molecular weight excluding hydrogens is 493 g/mol. The van der Waals surface area contributed by atoms with E-state index in [1.807, 2.05) is 25.1 Å². The number of likely N-dealkylation sites (N-methyl/N-ethyl adjacent to an activating group) is 1. The van der Waals surface area contributed by atoms with E-state index in [0.717, 1.165) is 39.9 Å². The molecule has 1 heterocycles. The smallest absolute Gasteiger partial charge is 0.261 e. The molecule has 154 valence electrons. The predicted molar refractivity (Wildman–Crippen MR) is 128 cm³/mol. The first-order chi connectivity index (χ1) is 13.8. The molecule has 0 saturated carbocycles. The number of aromatic nitrogens is 1. The minimum atomic E-state index is -0.161. The Morgan fingerprint density at radius 1 is 1.10 bits per heavy atom. The first kappa shape index (κ1) is 22.5. The molecule has 3 aromatic rings. The summed E-state index contributed by atoms with van der Waals surface area (Å²) in [6, 6.07) is 9.12. The van der Waals surface area contributed by atoms with Gasteiger partial charge in [0.15, 0.2) is 5.13 Å². The number of anilines is 1. The summed E-state index contributed by atoms with van der Waals surface area (Å²) >= 11 is 17.5. The summed E-state index contributed by atoms with van der Waals surface area (Å²) in [6.07, 6.45) is 0. The van der Waals surface area contributed by atoms with Crippen molar-refractivity contribution in [3.05, 3.63) is 56.0 Å². The van der Waals surface area contributed by atoms with Crippen molar-refractivity contribution in [2.75, 3.05) is 31.1 Å². The van der Waals surface area contributed by atoms with Gasteiger partial charge in [-0.15, -0.1) is 0 Å². The summed E-state index contributed by atoms with van der Waals surface area (Å²) in [5.41, 5.74) is 2.20. The molecule has 29 heavy (non-hydrogen) atoms. The molecule has 3 rings (SSSR count). The number of thiazole rings is 1. The first-order valence-electron chi connectivity index (χ1n) is 9.40. The van der Waals surface area contributed by atoms with E-state index in [-0.39, 0.29) is 5.91 Å². The number of benzene rings is 2. The first-order valence-corrected chi connectivity index (χ1v) is 11.8. The van der Waals surface area contributed by atoms with Gasteiger partial charge in [0.25, 0.3) is 5.91 Å². The molecule has 1 aromatic heterocycles. The van der Waals surface area contributed by atoms with Crippen LogP contribution in [0.1, 0.15) is 29.8 Å². The summed E-state index contributed by atoms with van der Waals surface area (Å²) in [7, 11) is 0. The molecule has 4 nitrogen and oxygen atoms in total. The third kappa shape index (κ3) is 4.94. The molecule has 8 heteroatoms. The van der Waals surface area contributed by atoms with Crippen molar-refractivity contribution in [3.8, 4) is 0 Å². The highest BCUT2D eigenvalue weighted by Gasteiger charge is 2.24. The molecule has 0 fully saturated rings. The molecule has 0 N–H and O–H groups in total. The zero-order chi connectivity index (χ0) is 21.1. The van der Waals surface area contributed by atoms with Crippen LogP contribution < -0.4 is 4.90 Å². The highest BCUT2D eigenvalue weighted by molar-refractivity contribution is 9.10. The van der Waals surface area contributed by atoms with Crippen LogP contribution in [0.5, 0.6) is 0 Å². The van der Waals surface area contributed by atoms with Gasteiger partial charge >= 0.3 is 0 Å². The maximum atomic E-state index is 13.5. The molecule has 0 saturated heterocycles. The van der Waals surface area contributed by atoms with Crippen molar-refractivity contribution >= 4 is 71.7 Å². The molecule has 0 unspecified atom stereocenters. The molecule has 2 aromatic carbocycles. The molecule has 0 aliphatic rings. The monoisotopic (exact) mass is 513 g/mol. The summed E-state index contributed by atoms with van der Waals surface area (Å²) in [5, 5.41) is 1.75. The molecule has 0 aliphatic heterocycles. The second-order valence-corrected chi connectivity index (χ2v) is 9.36. The van der Waals surface area contributed by atoms with E-state index in [1.165, 1.54) is 11.3 Å². The topological polar surface area (TPSA) is 36.4 Å². The fraction of sp³-hybridized carbons (Fsp3) is 0.333. The summed E-state index contributed by atoms with van der Waals surface area (Å²) in [5.74, 6) is -0.161. The Morgan fingerprint density at radius 3 is 2.48 bits per heavy atom. The number of amides is 1. The summed E-state index contributed by atoms with van der Waals surface area (Å²) < 4.78 is 1.81. The molecule has 0 bridgehead atoms. The van der Waals surface area contributed by atoms with Crippen LogP contribution >= 0.6 is 50.5 Å². The normalized spacial score (nSPS) is 11.4. The number of fused-ring (bicyclic) bond motifs is 1. The quantitative estimate of drug-likeness (QED) is 0.353. The lowest BCUT2D eigenvalue weighted by atomic mass is 10.2. The van der Waals surface area contributed by atoms with Crippen molar-refractivity contribution in [3.63, 3.8) is 0 Å². The molecular formula is C21H22BrCl2N3OS. The van der Waals surface area contributed by atoms with Crippen molar-refractivity contribution in [2.24, 2.45) is 0 Å². The average molecular weight is 515 g/mol. The van der Waals surface area contributed by atoms with Gasteiger partial charge in [-0.1, -0.05) is 64.3 Å². The Hall–Kier alpha value is -1.18. The van der Waals surface area contributed by atoms with Crippen LogP contribution in [0.2, 0.25) is 10.0 Å². The van der Waals surface area contributed by atoms with E-state index >= 15 is 0 Å². The van der Waals surface area contributed by atoms with Gasteiger partial charge in [0, 0.05) is 22.6 Å². The van der Waals surface area contributed by atoms with Gasteiger partial charge < -0.3 is 4.90 Å². The van der Waals surface area contributed by atoms with E-state index in [9.17, 15) is 4.79 Å². The highest BCUT2D eigenvalue weighted by Crippen LogP contribution is 2.34. The molecule has 1 amide bonds. The maximum Gasteiger partial charge on any atom is 0.261 e. The zero-order valence-corrected chi connectivity index (χ0v) is 20.4. The predicted octanol–water partition coefficient (Wildman–Crippen LogP) is 6.66. The van der Waals surface area contributed by atoms with Crippen molar-refractivity contribution in [2.45, 2.75) is 20.8 Å². The lowest BCUT2D eigenvalue weighted by Crippen LogP contribution is -2.39. The second kappa shape index (κ2) is 9.75. The average Bonchev–Trinajstić information content (AvgIpc) is 3.14. The highest BCUT2D eigenvalue weighted by atomic mass is 79.9. The second-order valence-electron chi connectivity index (χ2n) is 6.62.